The van der Waals surface area contributed by atoms with Gasteiger partial charge in [-0.25, -0.2) is 0 Å². The maximum atomic E-state index is 11.4. The molecule has 14 heavy (non-hydrogen) atoms. The Kier molecular flexibility index (Phi) is 5.72. The molecule has 0 spiro atoms. The van der Waals surface area contributed by atoms with Crippen LogP contribution in [-0.2, 0) is 4.79 Å². The topological polar surface area (TPSA) is 58.4 Å². The van der Waals surface area contributed by atoms with E-state index in [9.17, 15) is 4.79 Å². The van der Waals surface area contributed by atoms with E-state index < -0.39 is 6.04 Å². The Balaban J connectivity index is 4.16. The molecule has 84 valence electrons. The first-order chi connectivity index (χ1) is 6.34. The van der Waals surface area contributed by atoms with E-state index in [2.05, 4.69) is 24.1 Å². The number of rotatable bonds is 5. The third-order valence-electron chi connectivity index (χ3n) is 2.11. The Morgan fingerprint density at radius 3 is 2.14 bits per heavy atom. The molecule has 0 aliphatic carbocycles. The van der Waals surface area contributed by atoms with Crippen molar-refractivity contribution in [2.75, 3.05) is 20.6 Å². The van der Waals surface area contributed by atoms with Crippen LogP contribution in [-0.4, -0.2) is 43.5 Å². The molecule has 4 heteroatoms. The van der Waals surface area contributed by atoms with Gasteiger partial charge in [0.2, 0.25) is 5.91 Å². The molecule has 1 unspecified atom stereocenters. The summed E-state index contributed by atoms with van der Waals surface area (Å²) in [6.45, 7) is 6.73. The number of likely N-dealkylation sites (N-methyl/N-ethyl adjacent to an activating group) is 1. The molecule has 0 aromatic rings. The second-order valence-corrected chi connectivity index (χ2v) is 4.41. The summed E-state index contributed by atoms with van der Waals surface area (Å²) >= 11 is 0. The summed E-state index contributed by atoms with van der Waals surface area (Å²) in [7, 11) is 3.99. The summed E-state index contributed by atoms with van der Waals surface area (Å²) in [6, 6.07) is -0.262. The maximum Gasteiger partial charge on any atom is 0.236 e. The van der Waals surface area contributed by atoms with Crippen molar-refractivity contribution in [3.63, 3.8) is 0 Å². The van der Waals surface area contributed by atoms with Gasteiger partial charge in [0.25, 0.3) is 0 Å². The van der Waals surface area contributed by atoms with Crippen molar-refractivity contribution in [1.82, 2.24) is 10.2 Å². The van der Waals surface area contributed by atoms with E-state index in [4.69, 9.17) is 5.73 Å². The van der Waals surface area contributed by atoms with Crippen molar-refractivity contribution < 1.29 is 4.79 Å². The normalized spacial score (nSPS) is 15.7. The van der Waals surface area contributed by atoms with Crippen LogP contribution in [0.5, 0.6) is 0 Å². The standard InChI is InChI=1S/C10H23N3O/c1-7(2)9(6-13(4)5)12-10(14)8(3)11/h7-9H,6,11H2,1-5H3,(H,12,14)/t8-,9?/m1/s1. The molecule has 2 atom stereocenters. The van der Waals surface area contributed by atoms with E-state index >= 15 is 0 Å². The second-order valence-electron chi connectivity index (χ2n) is 4.41. The fourth-order valence-corrected chi connectivity index (χ4v) is 1.13. The molecule has 0 aromatic heterocycles. The Morgan fingerprint density at radius 1 is 1.36 bits per heavy atom. The molecule has 0 bridgehead atoms. The average Bonchev–Trinajstić information content (AvgIpc) is 2.01. The SMILES string of the molecule is CC(C)C(CN(C)C)NC(=O)[C@@H](C)N. The first-order valence-electron chi connectivity index (χ1n) is 5.05. The maximum absolute atomic E-state index is 11.4. The Bertz CT molecular complexity index is 178. The molecule has 0 fully saturated rings. The lowest BCUT2D eigenvalue weighted by Crippen LogP contribution is -2.49. The molecular weight excluding hydrogens is 178 g/mol. The van der Waals surface area contributed by atoms with Gasteiger partial charge in [0.1, 0.15) is 0 Å². The number of nitrogens with two attached hydrogens (primary N) is 1. The molecule has 0 saturated heterocycles. The monoisotopic (exact) mass is 201 g/mol. The van der Waals surface area contributed by atoms with E-state index in [1.807, 2.05) is 14.1 Å². The van der Waals surface area contributed by atoms with Crippen LogP contribution in [0.25, 0.3) is 0 Å². The summed E-state index contributed by atoms with van der Waals surface area (Å²) < 4.78 is 0. The lowest BCUT2D eigenvalue weighted by atomic mass is 10.0. The predicted molar refractivity (Wildman–Crippen MR) is 59.0 cm³/mol. The highest BCUT2D eigenvalue weighted by molar-refractivity contribution is 5.81. The lowest BCUT2D eigenvalue weighted by Gasteiger charge is -2.26. The molecule has 0 aliphatic rings. The molecule has 0 radical (unpaired) electrons. The molecule has 0 aliphatic heterocycles. The zero-order chi connectivity index (χ0) is 11.3. The zero-order valence-corrected chi connectivity index (χ0v) is 9.87. The molecule has 4 nitrogen and oxygen atoms in total. The summed E-state index contributed by atoms with van der Waals surface area (Å²) in [5.74, 6) is 0.339. The fraction of sp³-hybridized carbons (Fsp3) is 0.900. The van der Waals surface area contributed by atoms with Gasteiger partial charge >= 0.3 is 0 Å². The van der Waals surface area contributed by atoms with Crippen molar-refractivity contribution >= 4 is 5.91 Å². The van der Waals surface area contributed by atoms with Gasteiger partial charge in [0, 0.05) is 12.6 Å². The summed E-state index contributed by atoms with van der Waals surface area (Å²) in [4.78, 5) is 13.4. The van der Waals surface area contributed by atoms with E-state index in [1.165, 1.54) is 0 Å². The van der Waals surface area contributed by atoms with E-state index in [1.54, 1.807) is 6.92 Å². The lowest BCUT2D eigenvalue weighted by molar-refractivity contribution is -0.123. The van der Waals surface area contributed by atoms with Crippen LogP contribution in [0.4, 0.5) is 0 Å². The number of nitrogens with zero attached hydrogens (tertiary/aromatic N) is 1. The van der Waals surface area contributed by atoms with E-state index in [0.29, 0.717) is 5.92 Å². The van der Waals surface area contributed by atoms with Gasteiger partial charge in [-0.1, -0.05) is 13.8 Å². The van der Waals surface area contributed by atoms with Crippen molar-refractivity contribution in [1.29, 1.82) is 0 Å². The van der Waals surface area contributed by atoms with Gasteiger partial charge in [-0.3, -0.25) is 4.79 Å². The molecular formula is C10H23N3O. The van der Waals surface area contributed by atoms with E-state index in [0.717, 1.165) is 6.54 Å². The Morgan fingerprint density at radius 2 is 1.86 bits per heavy atom. The van der Waals surface area contributed by atoms with Gasteiger partial charge in [-0.15, -0.1) is 0 Å². The summed E-state index contributed by atoms with van der Waals surface area (Å²) in [5.41, 5.74) is 5.49. The number of hydrogen-bond donors (Lipinski definition) is 2. The summed E-state index contributed by atoms with van der Waals surface area (Å²) in [5, 5.41) is 2.94. The predicted octanol–water partition coefficient (Wildman–Crippen LogP) is 0.0360. The smallest absolute Gasteiger partial charge is 0.236 e. The fourth-order valence-electron chi connectivity index (χ4n) is 1.13. The molecule has 0 saturated carbocycles. The minimum absolute atomic E-state index is 0.0782. The Hall–Kier alpha value is -0.610. The quantitative estimate of drug-likeness (QED) is 0.660. The minimum atomic E-state index is -0.432. The molecule has 3 N–H and O–H groups in total. The highest BCUT2D eigenvalue weighted by Crippen LogP contribution is 2.02. The molecule has 0 heterocycles. The first kappa shape index (κ1) is 13.4. The zero-order valence-electron chi connectivity index (χ0n) is 9.87. The minimum Gasteiger partial charge on any atom is -0.350 e. The van der Waals surface area contributed by atoms with Crippen LogP contribution >= 0.6 is 0 Å². The number of amides is 1. The third kappa shape index (κ3) is 5.19. The first-order valence-corrected chi connectivity index (χ1v) is 5.05. The average molecular weight is 201 g/mol. The van der Waals surface area contributed by atoms with Gasteiger partial charge in [0.05, 0.1) is 6.04 Å². The van der Waals surface area contributed by atoms with Gasteiger partial charge in [-0.2, -0.15) is 0 Å². The highest BCUT2D eigenvalue weighted by atomic mass is 16.2. The van der Waals surface area contributed by atoms with Gasteiger partial charge in [-0.05, 0) is 26.9 Å². The van der Waals surface area contributed by atoms with Crippen molar-refractivity contribution in [3.05, 3.63) is 0 Å². The van der Waals surface area contributed by atoms with Crippen LogP contribution in [0, 0.1) is 5.92 Å². The second kappa shape index (κ2) is 5.98. The number of carbonyl (C=O) groups excluding carboxylic acids is 1. The third-order valence-corrected chi connectivity index (χ3v) is 2.11. The highest BCUT2D eigenvalue weighted by Gasteiger charge is 2.18. The number of carbonyl (C=O) groups is 1. The van der Waals surface area contributed by atoms with Crippen LogP contribution in [0.2, 0.25) is 0 Å². The van der Waals surface area contributed by atoms with Crippen molar-refractivity contribution in [2.24, 2.45) is 11.7 Å². The summed E-state index contributed by atoms with van der Waals surface area (Å²) in [6.07, 6.45) is 0. The van der Waals surface area contributed by atoms with Crippen LogP contribution < -0.4 is 11.1 Å². The number of hydrogen-bond acceptors (Lipinski definition) is 3. The van der Waals surface area contributed by atoms with Crippen LogP contribution in [0.3, 0.4) is 0 Å². The van der Waals surface area contributed by atoms with Crippen LogP contribution in [0.1, 0.15) is 20.8 Å². The molecule has 1 amide bonds. The van der Waals surface area contributed by atoms with Crippen molar-refractivity contribution in [3.8, 4) is 0 Å². The van der Waals surface area contributed by atoms with E-state index in [-0.39, 0.29) is 11.9 Å². The Labute approximate surface area is 86.8 Å². The molecule has 0 rings (SSSR count). The van der Waals surface area contributed by atoms with Gasteiger partial charge in [0.15, 0.2) is 0 Å². The largest absolute Gasteiger partial charge is 0.350 e. The van der Waals surface area contributed by atoms with Crippen LogP contribution in [0.15, 0.2) is 0 Å². The van der Waals surface area contributed by atoms with Gasteiger partial charge < -0.3 is 16.0 Å². The number of nitrogens with one attached hydrogen (secondary N) is 1. The van der Waals surface area contributed by atoms with Crippen molar-refractivity contribution in [2.45, 2.75) is 32.9 Å². The molecule has 0 aromatic carbocycles.